The van der Waals surface area contributed by atoms with E-state index in [1.165, 1.54) is 5.56 Å². The van der Waals surface area contributed by atoms with Gasteiger partial charge in [-0.15, -0.1) is 0 Å². The SMILES string of the molecule is Cc1ccc(-c2nc(NCc3ccccn3)ncc2-c2ccc(N)nc2)cc1. The highest BCUT2D eigenvalue weighted by atomic mass is 15.1. The number of rotatable bonds is 5. The average molecular weight is 368 g/mol. The predicted octanol–water partition coefficient (Wildman–Crippen LogP) is 4.10. The van der Waals surface area contributed by atoms with Crippen molar-refractivity contribution in [1.29, 1.82) is 0 Å². The van der Waals surface area contributed by atoms with Crippen LogP contribution in [0.1, 0.15) is 11.3 Å². The Balaban J connectivity index is 1.71. The van der Waals surface area contributed by atoms with Gasteiger partial charge < -0.3 is 11.1 Å². The van der Waals surface area contributed by atoms with Crippen molar-refractivity contribution in [1.82, 2.24) is 19.9 Å². The van der Waals surface area contributed by atoms with Gasteiger partial charge in [0.25, 0.3) is 0 Å². The molecule has 4 aromatic rings. The fraction of sp³-hybridized carbons (Fsp3) is 0.0909. The molecule has 0 fully saturated rings. The first-order valence-electron chi connectivity index (χ1n) is 8.99. The largest absolute Gasteiger partial charge is 0.384 e. The molecule has 3 aromatic heterocycles. The first-order chi connectivity index (χ1) is 13.7. The molecule has 138 valence electrons. The van der Waals surface area contributed by atoms with Crippen molar-refractivity contribution in [3.05, 3.63) is 84.4 Å². The van der Waals surface area contributed by atoms with Crippen molar-refractivity contribution >= 4 is 11.8 Å². The molecular formula is C22H20N6. The second kappa shape index (κ2) is 7.84. The fourth-order valence-corrected chi connectivity index (χ4v) is 2.85. The first-order valence-corrected chi connectivity index (χ1v) is 8.99. The molecule has 6 nitrogen and oxygen atoms in total. The lowest BCUT2D eigenvalue weighted by molar-refractivity contribution is 1.00. The number of aryl methyl sites for hydroxylation is 1. The lowest BCUT2D eigenvalue weighted by Crippen LogP contribution is -2.06. The highest BCUT2D eigenvalue weighted by molar-refractivity contribution is 5.80. The van der Waals surface area contributed by atoms with E-state index in [4.69, 9.17) is 10.7 Å². The number of aromatic nitrogens is 4. The molecule has 0 atom stereocenters. The summed E-state index contributed by atoms with van der Waals surface area (Å²) in [5.74, 6) is 1.03. The fourth-order valence-electron chi connectivity index (χ4n) is 2.85. The number of benzene rings is 1. The van der Waals surface area contributed by atoms with Crippen LogP contribution in [0.2, 0.25) is 0 Å². The van der Waals surface area contributed by atoms with Gasteiger partial charge >= 0.3 is 0 Å². The van der Waals surface area contributed by atoms with E-state index in [2.05, 4.69) is 51.5 Å². The Bertz CT molecular complexity index is 1060. The van der Waals surface area contributed by atoms with Crippen LogP contribution >= 0.6 is 0 Å². The molecule has 0 aliphatic carbocycles. The van der Waals surface area contributed by atoms with Gasteiger partial charge in [-0.25, -0.2) is 15.0 Å². The molecule has 6 heteroatoms. The lowest BCUT2D eigenvalue weighted by atomic mass is 10.0. The molecule has 1 aromatic carbocycles. The van der Waals surface area contributed by atoms with Crippen LogP contribution in [0.5, 0.6) is 0 Å². The number of hydrogen-bond donors (Lipinski definition) is 2. The van der Waals surface area contributed by atoms with E-state index in [0.717, 1.165) is 28.1 Å². The Morgan fingerprint density at radius 2 is 1.68 bits per heavy atom. The molecule has 3 heterocycles. The van der Waals surface area contributed by atoms with Crippen LogP contribution in [0.25, 0.3) is 22.4 Å². The molecule has 3 N–H and O–H groups in total. The summed E-state index contributed by atoms with van der Waals surface area (Å²) in [5.41, 5.74) is 11.5. The van der Waals surface area contributed by atoms with Crippen LogP contribution in [-0.4, -0.2) is 19.9 Å². The van der Waals surface area contributed by atoms with E-state index in [-0.39, 0.29) is 0 Å². The minimum Gasteiger partial charge on any atom is -0.384 e. The quantitative estimate of drug-likeness (QED) is 0.551. The first kappa shape index (κ1) is 17.6. The van der Waals surface area contributed by atoms with E-state index in [1.807, 2.05) is 30.5 Å². The maximum Gasteiger partial charge on any atom is 0.223 e. The molecule has 0 unspecified atom stereocenters. The maximum absolute atomic E-state index is 5.73. The zero-order chi connectivity index (χ0) is 19.3. The normalized spacial score (nSPS) is 10.6. The Kier molecular flexibility index (Phi) is 4.93. The molecule has 0 amide bonds. The average Bonchev–Trinajstić information content (AvgIpc) is 2.74. The van der Waals surface area contributed by atoms with Gasteiger partial charge in [0.05, 0.1) is 17.9 Å². The van der Waals surface area contributed by atoms with E-state index in [1.54, 1.807) is 18.5 Å². The number of pyridine rings is 2. The summed E-state index contributed by atoms with van der Waals surface area (Å²) in [6.07, 6.45) is 5.33. The molecule has 0 saturated heterocycles. The second-order valence-corrected chi connectivity index (χ2v) is 6.47. The Morgan fingerprint density at radius 3 is 2.39 bits per heavy atom. The van der Waals surface area contributed by atoms with Crippen LogP contribution in [-0.2, 0) is 6.54 Å². The molecule has 0 saturated carbocycles. The van der Waals surface area contributed by atoms with E-state index < -0.39 is 0 Å². The molecule has 0 radical (unpaired) electrons. The predicted molar refractivity (Wildman–Crippen MR) is 111 cm³/mol. The maximum atomic E-state index is 5.73. The third kappa shape index (κ3) is 3.96. The number of nitrogens with two attached hydrogens (primary N) is 1. The van der Waals surface area contributed by atoms with E-state index >= 15 is 0 Å². The van der Waals surface area contributed by atoms with Gasteiger partial charge in [0.1, 0.15) is 5.82 Å². The third-order valence-corrected chi connectivity index (χ3v) is 4.36. The van der Waals surface area contributed by atoms with Crippen molar-refractivity contribution in [2.75, 3.05) is 11.1 Å². The van der Waals surface area contributed by atoms with Crippen molar-refractivity contribution in [3.63, 3.8) is 0 Å². The molecule has 4 rings (SSSR count). The molecule has 0 aliphatic rings. The van der Waals surface area contributed by atoms with Crippen molar-refractivity contribution < 1.29 is 0 Å². The molecule has 0 aliphatic heterocycles. The Morgan fingerprint density at radius 1 is 0.857 bits per heavy atom. The Hall–Kier alpha value is -3.80. The van der Waals surface area contributed by atoms with Crippen LogP contribution < -0.4 is 11.1 Å². The minimum atomic E-state index is 0.482. The van der Waals surface area contributed by atoms with Crippen molar-refractivity contribution in [2.24, 2.45) is 0 Å². The molecule has 0 bridgehead atoms. The highest BCUT2D eigenvalue weighted by Crippen LogP contribution is 2.31. The van der Waals surface area contributed by atoms with Crippen LogP contribution in [0.3, 0.4) is 0 Å². The lowest BCUT2D eigenvalue weighted by Gasteiger charge is -2.12. The van der Waals surface area contributed by atoms with Crippen LogP contribution in [0.15, 0.2) is 73.2 Å². The summed E-state index contributed by atoms with van der Waals surface area (Å²) >= 11 is 0. The van der Waals surface area contributed by atoms with Gasteiger partial charge in [-0.3, -0.25) is 4.98 Å². The zero-order valence-electron chi connectivity index (χ0n) is 15.5. The van der Waals surface area contributed by atoms with Gasteiger partial charge in [-0.2, -0.15) is 0 Å². The third-order valence-electron chi connectivity index (χ3n) is 4.36. The van der Waals surface area contributed by atoms with Gasteiger partial charge in [0, 0.05) is 35.3 Å². The number of nitrogen functional groups attached to an aromatic ring is 1. The van der Waals surface area contributed by atoms with Crippen LogP contribution in [0.4, 0.5) is 11.8 Å². The van der Waals surface area contributed by atoms with Gasteiger partial charge in [0.15, 0.2) is 0 Å². The number of anilines is 2. The summed E-state index contributed by atoms with van der Waals surface area (Å²) in [7, 11) is 0. The van der Waals surface area contributed by atoms with Crippen molar-refractivity contribution in [3.8, 4) is 22.4 Å². The summed E-state index contributed by atoms with van der Waals surface area (Å²) < 4.78 is 0. The molecular weight excluding hydrogens is 348 g/mol. The van der Waals surface area contributed by atoms with Gasteiger partial charge in [0.2, 0.25) is 5.95 Å². The second-order valence-electron chi connectivity index (χ2n) is 6.47. The summed E-state index contributed by atoms with van der Waals surface area (Å²) in [6, 6.07) is 17.8. The zero-order valence-corrected chi connectivity index (χ0v) is 15.5. The van der Waals surface area contributed by atoms with Gasteiger partial charge in [-0.1, -0.05) is 35.9 Å². The van der Waals surface area contributed by atoms with Crippen molar-refractivity contribution in [2.45, 2.75) is 13.5 Å². The number of hydrogen-bond acceptors (Lipinski definition) is 6. The Labute approximate surface area is 163 Å². The van der Waals surface area contributed by atoms with Gasteiger partial charge in [-0.05, 0) is 31.2 Å². The molecule has 28 heavy (non-hydrogen) atoms. The number of nitrogens with one attached hydrogen (secondary N) is 1. The minimum absolute atomic E-state index is 0.482. The van der Waals surface area contributed by atoms with Crippen LogP contribution in [0, 0.1) is 6.92 Å². The van der Waals surface area contributed by atoms with E-state index in [9.17, 15) is 0 Å². The number of nitrogens with zero attached hydrogens (tertiary/aromatic N) is 4. The highest BCUT2D eigenvalue weighted by Gasteiger charge is 2.12. The standard InChI is InChI=1S/C22H20N6/c1-15-5-7-16(8-6-15)21-19(17-9-10-20(23)25-12-17)14-27-22(28-21)26-13-18-4-2-3-11-24-18/h2-12,14H,13H2,1H3,(H2,23,25)(H,26,27,28). The monoisotopic (exact) mass is 368 g/mol. The summed E-state index contributed by atoms with van der Waals surface area (Å²) in [5, 5.41) is 3.25. The van der Waals surface area contributed by atoms with E-state index in [0.29, 0.717) is 18.3 Å². The topological polar surface area (TPSA) is 89.6 Å². The smallest absolute Gasteiger partial charge is 0.223 e. The summed E-state index contributed by atoms with van der Waals surface area (Å²) in [4.78, 5) is 17.8. The summed E-state index contributed by atoms with van der Waals surface area (Å²) in [6.45, 7) is 2.62. The molecule has 0 spiro atoms.